The van der Waals surface area contributed by atoms with E-state index in [1.807, 2.05) is 6.08 Å². The fourth-order valence-electron chi connectivity index (χ4n) is 1.76. The molecule has 1 aromatic carbocycles. The van der Waals surface area contributed by atoms with Crippen molar-refractivity contribution in [3.63, 3.8) is 0 Å². The molecule has 102 valence electrons. The number of aliphatic carboxylic acids is 1. The molecule has 3 rings (SSSR count). The largest absolute Gasteiger partial charge is 0.508 e. The summed E-state index contributed by atoms with van der Waals surface area (Å²) < 4.78 is 0.911. The number of hydrogen-bond acceptors (Lipinski definition) is 6. The van der Waals surface area contributed by atoms with Crippen LogP contribution in [0.2, 0.25) is 0 Å². The number of aliphatic imine (C=N–C) groups is 1. The number of carboxylic acid groups (broad SMARTS) is 1. The molecule has 0 unspecified atom stereocenters. The van der Waals surface area contributed by atoms with Gasteiger partial charge in [0, 0.05) is 5.75 Å². The predicted octanol–water partition coefficient (Wildman–Crippen LogP) is 2.61. The van der Waals surface area contributed by atoms with Crippen LogP contribution in [-0.4, -0.2) is 38.0 Å². The molecule has 1 atom stereocenters. The second-order valence-corrected chi connectivity index (χ2v) is 6.27. The highest BCUT2D eigenvalue weighted by atomic mass is 32.2. The van der Waals surface area contributed by atoms with Crippen LogP contribution in [0.25, 0.3) is 16.3 Å². The fraction of sp³-hybridized carbons (Fsp3) is 0.154. The Kier molecular flexibility index (Phi) is 3.45. The lowest BCUT2D eigenvalue weighted by atomic mass is 10.3. The molecule has 1 aromatic heterocycles. The van der Waals surface area contributed by atoms with Crippen LogP contribution in [0.4, 0.5) is 0 Å². The van der Waals surface area contributed by atoms with Gasteiger partial charge in [0.1, 0.15) is 10.8 Å². The second-order valence-electron chi connectivity index (χ2n) is 4.17. The third-order valence-corrected chi connectivity index (χ3v) is 4.72. The molecule has 0 spiro atoms. The Morgan fingerprint density at radius 3 is 3.00 bits per heavy atom. The van der Waals surface area contributed by atoms with E-state index < -0.39 is 12.0 Å². The zero-order chi connectivity index (χ0) is 14.1. The zero-order valence-corrected chi connectivity index (χ0v) is 11.8. The molecule has 0 radical (unpaired) electrons. The maximum atomic E-state index is 10.8. The van der Waals surface area contributed by atoms with E-state index in [1.165, 1.54) is 23.1 Å². The van der Waals surface area contributed by atoms with Gasteiger partial charge in [-0.3, -0.25) is 4.99 Å². The third kappa shape index (κ3) is 2.68. The van der Waals surface area contributed by atoms with Gasteiger partial charge >= 0.3 is 5.97 Å². The number of fused-ring (bicyclic) bond motifs is 1. The van der Waals surface area contributed by atoms with Crippen LogP contribution in [0, 0.1) is 0 Å². The van der Waals surface area contributed by atoms with Gasteiger partial charge in [-0.2, -0.15) is 0 Å². The maximum Gasteiger partial charge on any atom is 0.329 e. The van der Waals surface area contributed by atoms with Crippen LogP contribution in [0.3, 0.4) is 0 Å². The standard InChI is InChI=1S/C13H10N2O3S2/c16-7-1-2-8-10(5-7)20-12(14-8)4-3-11-15-9(6-19-11)13(17)18/h1-5,9,16H,6H2,(H,17,18)/t9-/m1/s1. The molecule has 5 nitrogen and oxygen atoms in total. The summed E-state index contributed by atoms with van der Waals surface area (Å²) in [5.74, 6) is -0.198. The number of aromatic hydroxyl groups is 1. The smallest absolute Gasteiger partial charge is 0.329 e. The van der Waals surface area contributed by atoms with Crippen molar-refractivity contribution >= 4 is 50.4 Å². The third-order valence-electron chi connectivity index (χ3n) is 2.71. The van der Waals surface area contributed by atoms with E-state index in [2.05, 4.69) is 9.98 Å². The first-order chi connectivity index (χ1) is 9.61. The molecule has 1 aliphatic rings. The molecule has 0 amide bonds. The van der Waals surface area contributed by atoms with Crippen LogP contribution < -0.4 is 0 Å². The van der Waals surface area contributed by atoms with E-state index in [1.54, 1.807) is 24.3 Å². The highest BCUT2D eigenvalue weighted by Gasteiger charge is 2.22. The summed E-state index contributed by atoms with van der Waals surface area (Å²) in [6.45, 7) is 0. The molecule has 7 heteroatoms. The molecule has 0 aliphatic carbocycles. The first-order valence-corrected chi connectivity index (χ1v) is 7.63. The van der Waals surface area contributed by atoms with E-state index in [0.717, 1.165) is 15.2 Å². The van der Waals surface area contributed by atoms with Crippen molar-refractivity contribution in [2.45, 2.75) is 6.04 Å². The van der Waals surface area contributed by atoms with Crippen molar-refractivity contribution in [1.29, 1.82) is 0 Å². The molecular weight excluding hydrogens is 296 g/mol. The zero-order valence-electron chi connectivity index (χ0n) is 10.2. The molecule has 0 saturated carbocycles. The lowest BCUT2D eigenvalue weighted by Crippen LogP contribution is -2.16. The monoisotopic (exact) mass is 306 g/mol. The Hall–Kier alpha value is -1.86. The average molecular weight is 306 g/mol. The van der Waals surface area contributed by atoms with E-state index in [4.69, 9.17) is 5.11 Å². The van der Waals surface area contributed by atoms with E-state index in [-0.39, 0.29) is 5.75 Å². The number of hydrogen-bond donors (Lipinski definition) is 2. The molecule has 0 saturated heterocycles. The van der Waals surface area contributed by atoms with Gasteiger partial charge in [0.15, 0.2) is 6.04 Å². The molecule has 2 N–H and O–H groups in total. The van der Waals surface area contributed by atoms with Crippen molar-refractivity contribution in [3.05, 3.63) is 29.3 Å². The minimum atomic E-state index is -0.892. The van der Waals surface area contributed by atoms with Crippen molar-refractivity contribution in [2.75, 3.05) is 5.75 Å². The number of phenolic OH excluding ortho intramolecular Hbond substituents is 1. The first-order valence-electron chi connectivity index (χ1n) is 5.83. The average Bonchev–Trinajstić information content (AvgIpc) is 3.01. The Labute approximate surface area is 122 Å². The number of nitrogens with zero attached hydrogens (tertiary/aromatic N) is 2. The molecule has 0 bridgehead atoms. The van der Waals surface area contributed by atoms with Crippen molar-refractivity contribution in [2.24, 2.45) is 4.99 Å². The van der Waals surface area contributed by atoms with Gasteiger partial charge in [-0.15, -0.1) is 23.1 Å². The first kappa shape index (κ1) is 13.1. The normalized spacial score (nSPS) is 18.8. The summed E-state index contributed by atoms with van der Waals surface area (Å²) in [4.78, 5) is 19.3. The number of thioether (sulfide) groups is 1. The number of phenols is 1. The van der Waals surface area contributed by atoms with Crippen molar-refractivity contribution < 1.29 is 15.0 Å². The van der Waals surface area contributed by atoms with Crippen molar-refractivity contribution in [3.8, 4) is 5.75 Å². The van der Waals surface area contributed by atoms with Crippen LogP contribution in [0.1, 0.15) is 5.01 Å². The fourth-order valence-corrected chi connectivity index (χ4v) is 3.57. The second kappa shape index (κ2) is 5.26. The molecule has 20 heavy (non-hydrogen) atoms. The number of carbonyl (C=O) groups is 1. The number of thiazole rings is 1. The van der Waals surface area contributed by atoms with Crippen molar-refractivity contribution in [1.82, 2.24) is 4.98 Å². The highest BCUT2D eigenvalue weighted by Crippen LogP contribution is 2.27. The van der Waals surface area contributed by atoms with Gasteiger partial charge in [0.25, 0.3) is 0 Å². The summed E-state index contributed by atoms with van der Waals surface area (Å²) in [5, 5.41) is 19.8. The van der Waals surface area contributed by atoms with Crippen LogP contribution >= 0.6 is 23.1 Å². The summed E-state index contributed by atoms with van der Waals surface area (Å²) in [6.07, 6.45) is 3.60. The summed E-state index contributed by atoms with van der Waals surface area (Å²) >= 11 is 2.89. The van der Waals surface area contributed by atoms with E-state index in [0.29, 0.717) is 10.8 Å². The van der Waals surface area contributed by atoms with Gasteiger partial charge in [-0.05, 0) is 30.4 Å². The van der Waals surface area contributed by atoms with Crippen LogP contribution in [0.5, 0.6) is 5.75 Å². The predicted molar refractivity (Wildman–Crippen MR) is 81.6 cm³/mol. The minimum absolute atomic E-state index is 0.219. The molecule has 2 heterocycles. The number of aromatic nitrogens is 1. The minimum Gasteiger partial charge on any atom is -0.508 e. The number of carboxylic acids is 1. The van der Waals surface area contributed by atoms with E-state index in [9.17, 15) is 9.90 Å². The molecule has 0 fully saturated rings. The van der Waals surface area contributed by atoms with E-state index >= 15 is 0 Å². The van der Waals surface area contributed by atoms with Gasteiger partial charge in [0.05, 0.1) is 15.3 Å². The Bertz CT molecular complexity index is 736. The highest BCUT2D eigenvalue weighted by molar-refractivity contribution is 8.14. The van der Waals surface area contributed by atoms with Crippen LogP contribution in [0.15, 0.2) is 29.3 Å². The summed E-state index contributed by atoms with van der Waals surface area (Å²) in [5.41, 5.74) is 0.830. The Morgan fingerprint density at radius 2 is 2.25 bits per heavy atom. The summed E-state index contributed by atoms with van der Waals surface area (Å²) in [6, 6.07) is 4.39. The number of rotatable bonds is 3. The van der Waals surface area contributed by atoms with Gasteiger partial charge in [-0.25, -0.2) is 9.78 Å². The SMILES string of the molecule is O=C(O)[C@H]1CSC(C=Cc2nc3ccc(O)cc3s2)=N1. The van der Waals surface area contributed by atoms with Gasteiger partial charge < -0.3 is 10.2 Å². The molecular formula is C13H10N2O3S2. The lowest BCUT2D eigenvalue weighted by molar-refractivity contribution is -0.137. The topological polar surface area (TPSA) is 82.8 Å². The summed E-state index contributed by atoms with van der Waals surface area (Å²) in [7, 11) is 0. The van der Waals surface area contributed by atoms with Gasteiger partial charge in [-0.1, -0.05) is 0 Å². The Balaban J connectivity index is 1.81. The van der Waals surface area contributed by atoms with Crippen LogP contribution in [-0.2, 0) is 4.79 Å². The Morgan fingerprint density at radius 1 is 1.40 bits per heavy atom. The number of benzene rings is 1. The molecule has 1 aliphatic heterocycles. The maximum absolute atomic E-state index is 10.8. The molecule has 2 aromatic rings. The lowest BCUT2D eigenvalue weighted by Gasteiger charge is -1.93. The quantitative estimate of drug-likeness (QED) is 0.911. The van der Waals surface area contributed by atoms with Gasteiger partial charge in [0.2, 0.25) is 0 Å².